The fraction of sp³-hybridized carbons (Fsp3) is 0.111. The summed E-state index contributed by atoms with van der Waals surface area (Å²) < 4.78 is 2.00. The van der Waals surface area contributed by atoms with Gasteiger partial charge < -0.3 is 4.90 Å². The minimum Gasteiger partial charge on any atom is -0.378 e. The average molecular weight is 375 g/mol. The molecule has 0 aliphatic heterocycles. The van der Waals surface area contributed by atoms with E-state index in [2.05, 4.69) is 0 Å². The SMILES string of the molecule is CN(C)c1ccc(-c2cc(=O)n(-c3cccc(Cl)c3)c(=S)s2)cc1. The van der Waals surface area contributed by atoms with Crippen molar-refractivity contribution in [1.29, 1.82) is 0 Å². The molecule has 0 saturated carbocycles. The van der Waals surface area contributed by atoms with Crippen molar-refractivity contribution >= 4 is 40.8 Å². The molecule has 3 aromatic rings. The standard InChI is InChI=1S/C18H15ClN2OS2/c1-20(2)14-8-6-12(7-9-14)16-11-17(22)21(18(23)24-16)15-5-3-4-13(19)10-15/h3-11H,1-2H3. The van der Waals surface area contributed by atoms with Crippen LogP contribution in [0.5, 0.6) is 0 Å². The monoisotopic (exact) mass is 374 g/mol. The number of anilines is 1. The van der Waals surface area contributed by atoms with Crippen molar-refractivity contribution in [2.75, 3.05) is 19.0 Å². The third kappa shape index (κ3) is 3.43. The first kappa shape index (κ1) is 16.9. The van der Waals surface area contributed by atoms with E-state index in [9.17, 15) is 4.79 Å². The molecule has 3 rings (SSSR count). The molecular weight excluding hydrogens is 360 g/mol. The maximum atomic E-state index is 12.6. The molecule has 6 heteroatoms. The molecule has 0 aliphatic carbocycles. The van der Waals surface area contributed by atoms with Gasteiger partial charge in [-0.25, -0.2) is 0 Å². The first-order chi connectivity index (χ1) is 11.5. The maximum Gasteiger partial charge on any atom is 0.258 e. The topological polar surface area (TPSA) is 25.2 Å². The first-order valence-corrected chi connectivity index (χ1v) is 8.87. The van der Waals surface area contributed by atoms with Gasteiger partial charge in [0.2, 0.25) is 0 Å². The summed E-state index contributed by atoms with van der Waals surface area (Å²) in [5.41, 5.74) is 2.61. The fourth-order valence-electron chi connectivity index (χ4n) is 2.35. The van der Waals surface area contributed by atoms with E-state index in [0.29, 0.717) is 14.7 Å². The van der Waals surface area contributed by atoms with E-state index in [1.807, 2.05) is 49.3 Å². The minimum absolute atomic E-state index is 0.160. The van der Waals surface area contributed by atoms with E-state index in [4.69, 9.17) is 23.8 Å². The van der Waals surface area contributed by atoms with Crippen LogP contribution in [0.2, 0.25) is 5.02 Å². The van der Waals surface area contributed by atoms with E-state index in [1.165, 1.54) is 15.9 Å². The van der Waals surface area contributed by atoms with Crippen molar-refractivity contribution in [3.8, 4) is 16.1 Å². The lowest BCUT2D eigenvalue weighted by molar-refractivity contribution is 1.000. The lowest BCUT2D eigenvalue weighted by Crippen LogP contribution is -2.17. The highest BCUT2D eigenvalue weighted by Crippen LogP contribution is 2.26. The van der Waals surface area contributed by atoms with Gasteiger partial charge in [-0.15, -0.1) is 11.3 Å². The summed E-state index contributed by atoms with van der Waals surface area (Å²) in [5.74, 6) is 0. The van der Waals surface area contributed by atoms with Gasteiger partial charge >= 0.3 is 0 Å². The summed E-state index contributed by atoms with van der Waals surface area (Å²) in [5, 5.41) is 0.571. The Labute approximate surface area is 154 Å². The number of hydrogen-bond donors (Lipinski definition) is 0. The van der Waals surface area contributed by atoms with Crippen molar-refractivity contribution in [2.45, 2.75) is 0 Å². The van der Waals surface area contributed by atoms with E-state index in [-0.39, 0.29) is 5.56 Å². The van der Waals surface area contributed by atoms with Gasteiger partial charge in [0.15, 0.2) is 3.95 Å². The molecule has 0 N–H and O–H groups in total. The Morgan fingerprint density at radius 2 is 1.79 bits per heavy atom. The molecule has 0 atom stereocenters. The van der Waals surface area contributed by atoms with E-state index in [0.717, 1.165) is 16.1 Å². The van der Waals surface area contributed by atoms with Crippen LogP contribution < -0.4 is 10.5 Å². The maximum absolute atomic E-state index is 12.6. The van der Waals surface area contributed by atoms with Crippen LogP contribution in [-0.4, -0.2) is 18.7 Å². The summed E-state index contributed by atoms with van der Waals surface area (Å²) >= 11 is 12.9. The summed E-state index contributed by atoms with van der Waals surface area (Å²) in [6, 6.07) is 16.8. The molecule has 0 fully saturated rings. The van der Waals surface area contributed by atoms with Crippen molar-refractivity contribution in [3.05, 3.63) is 73.9 Å². The molecule has 122 valence electrons. The predicted octanol–water partition coefficient (Wildman–Crippen LogP) is 5.01. The second-order valence-electron chi connectivity index (χ2n) is 5.47. The van der Waals surface area contributed by atoms with Crippen LogP contribution in [-0.2, 0) is 0 Å². The minimum atomic E-state index is -0.160. The quantitative estimate of drug-likeness (QED) is 0.602. The molecule has 0 amide bonds. The van der Waals surface area contributed by atoms with Crippen LogP contribution in [0, 0.1) is 3.95 Å². The second kappa shape index (κ2) is 6.89. The zero-order chi connectivity index (χ0) is 17.3. The van der Waals surface area contributed by atoms with Crippen LogP contribution >= 0.6 is 35.2 Å². The average Bonchev–Trinajstić information content (AvgIpc) is 2.54. The predicted molar refractivity (Wildman–Crippen MR) is 106 cm³/mol. The number of rotatable bonds is 3. The van der Waals surface area contributed by atoms with Crippen molar-refractivity contribution < 1.29 is 0 Å². The Hall–Kier alpha value is -1.95. The molecule has 0 radical (unpaired) electrons. The van der Waals surface area contributed by atoms with Gasteiger partial charge in [0.1, 0.15) is 0 Å². The molecule has 0 saturated heterocycles. The molecular formula is C18H15ClN2OS2. The Morgan fingerprint density at radius 1 is 1.08 bits per heavy atom. The summed E-state index contributed by atoms with van der Waals surface area (Å²) in [6.07, 6.45) is 0. The Bertz CT molecular complexity index is 960. The normalized spacial score (nSPS) is 10.6. The van der Waals surface area contributed by atoms with Gasteiger partial charge in [-0.3, -0.25) is 9.36 Å². The summed E-state index contributed by atoms with van der Waals surface area (Å²) in [6.45, 7) is 0. The Morgan fingerprint density at radius 3 is 2.38 bits per heavy atom. The summed E-state index contributed by atoms with van der Waals surface area (Å²) in [7, 11) is 3.98. The summed E-state index contributed by atoms with van der Waals surface area (Å²) in [4.78, 5) is 15.5. The Balaban J connectivity index is 2.07. The van der Waals surface area contributed by atoms with E-state index in [1.54, 1.807) is 24.3 Å². The van der Waals surface area contributed by atoms with Gasteiger partial charge in [0.05, 0.1) is 5.69 Å². The molecule has 3 nitrogen and oxygen atoms in total. The largest absolute Gasteiger partial charge is 0.378 e. The number of halogens is 1. The number of hydrogen-bond acceptors (Lipinski definition) is 4. The molecule has 1 aromatic heterocycles. The van der Waals surface area contributed by atoms with Crippen LogP contribution in [0.3, 0.4) is 0 Å². The third-order valence-corrected chi connectivity index (χ3v) is 5.19. The Kier molecular flexibility index (Phi) is 4.85. The molecule has 1 heterocycles. The second-order valence-corrected chi connectivity index (χ2v) is 7.58. The highest BCUT2D eigenvalue weighted by atomic mass is 35.5. The highest BCUT2D eigenvalue weighted by molar-refractivity contribution is 7.73. The van der Waals surface area contributed by atoms with E-state index < -0.39 is 0 Å². The molecule has 0 bridgehead atoms. The molecule has 24 heavy (non-hydrogen) atoms. The number of benzene rings is 2. The van der Waals surface area contributed by atoms with Gasteiger partial charge in [0.25, 0.3) is 5.56 Å². The van der Waals surface area contributed by atoms with Crippen molar-refractivity contribution in [2.24, 2.45) is 0 Å². The molecule has 0 spiro atoms. The van der Waals surface area contributed by atoms with Crippen LogP contribution in [0.4, 0.5) is 5.69 Å². The smallest absolute Gasteiger partial charge is 0.258 e. The van der Waals surface area contributed by atoms with Crippen molar-refractivity contribution in [3.63, 3.8) is 0 Å². The zero-order valence-electron chi connectivity index (χ0n) is 13.2. The van der Waals surface area contributed by atoms with Crippen LogP contribution in [0.15, 0.2) is 59.4 Å². The molecule has 0 aliphatic rings. The molecule has 2 aromatic carbocycles. The zero-order valence-corrected chi connectivity index (χ0v) is 15.6. The highest BCUT2D eigenvalue weighted by Gasteiger charge is 2.08. The lowest BCUT2D eigenvalue weighted by Gasteiger charge is -2.13. The van der Waals surface area contributed by atoms with Gasteiger partial charge in [-0.1, -0.05) is 29.8 Å². The fourth-order valence-corrected chi connectivity index (χ4v) is 3.89. The van der Waals surface area contributed by atoms with Gasteiger partial charge in [0, 0.05) is 35.7 Å². The van der Waals surface area contributed by atoms with Crippen LogP contribution in [0.25, 0.3) is 16.1 Å². The van der Waals surface area contributed by atoms with E-state index >= 15 is 0 Å². The first-order valence-electron chi connectivity index (χ1n) is 7.26. The van der Waals surface area contributed by atoms with Crippen LogP contribution in [0.1, 0.15) is 0 Å². The molecule has 0 unspecified atom stereocenters. The van der Waals surface area contributed by atoms with Gasteiger partial charge in [-0.05, 0) is 48.1 Å². The number of nitrogens with zero attached hydrogens (tertiary/aromatic N) is 2. The van der Waals surface area contributed by atoms with Crippen molar-refractivity contribution in [1.82, 2.24) is 4.57 Å². The van der Waals surface area contributed by atoms with Gasteiger partial charge in [-0.2, -0.15) is 0 Å². The lowest BCUT2D eigenvalue weighted by atomic mass is 10.1. The number of aromatic nitrogens is 1. The third-order valence-electron chi connectivity index (χ3n) is 3.59.